The molecule has 7 heteroatoms. The Morgan fingerprint density at radius 3 is 2.17 bits per heavy atom. The van der Waals surface area contributed by atoms with Crippen molar-refractivity contribution in [3.63, 3.8) is 0 Å². The zero-order chi connectivity index (χ0) is 28.5. The Kier molecular flexibility index (Phi) is 7.18. The van der Waals surface area contributed by atoms with E-state index in [4.69, 9.17) is 14.2 Å². The van der Waals surface area contributed by atoms with Crippen molar-refractivity contribution in [2.24, 2.45) is 5.92 Å². The van der Waals surface area contributed by atoms with Crippen molar-refractivity contribution in [2.75, 3.05) is 19.8 Å². The smallest absolute Gasteiger partial charge is 0.410 e. The lowest BCUT2D eigenvalue weighted by molar-refractivity contribution is -0.0747. The van der Waals surface area contributed by atoms with Gasteiger partial charge in [-0.25, -0.2) is 4.79 Å². The average Bonchev–Trinajstić information content (AvgIpc) is 3.36. The van der Waals surface area contributed by atoms with Gasteiger partial charge < -0.3 is 14.2 Å². The quantitative estimate of drug-likeness (QED) is 0.248. The van der Waals surface area contributed by atoms with Gasteiger partial charge in [-0.2, -0.15) is 0 Å². The van der Waals surface area contributed by atoms with E-state index in [1.54, 1.807) is 18.5 Å². The monoisotopic (exact) mass is 560 g/mol. The number of carbonyl (C=O) groups is 2. The number of morpholine rings is 1. The van der Waals surface area contributed by atoms with Gasteiger partial charge in [0.25, 0.3) is 0 Å². The van der Waals surface area contributed by atoms with Gasteiger partial charge in [0.05, 0.1) is 31.5 Å². The van der Waals surface area contributed by atoms with E-state index >= 15 is 0 Å². The molecule has 7 rings (SSSR count). The fourth-order valence-electron chi connectivity index (χ4n) is 6.71. The van der Waals surface area contributed by atoms with Gasteiger partial charge in [-0.1, -0.05) is 78.9 Å². The Labute approximate surface area is 245 Å². The molecule has 0 spiro atoms. The largest absolute Gasteiger partial charge is 0.487 e. The van der Waals surface area contributed by atoms with Crippen LogP contribution in [0.1, 0.15) is 45.8 Å². The molecular weight excluding hydrogens is 528 g/mol. The zero-order valence-electron chi connectivity index (χ0n) is 23.2. The Balaban J connectivity index is 1.01. The molecule has 4 aromatic rings. The van der Waals surface area contributed by atoms with Gasteiger partial charge in [0.15, 0.2) is 5.78 Å². The first-order valence-electron chi connectivity index (χ1n) is 14.5. The lowest BCUT2D eigenvalue weighted by Crippen LogP contribution is -2.60. The Bertz CT molecular complexity index is 1550. The van der Waals surface area contributed by atoms with Crippen LogP contribution in [-0.4, -0.2) is 53.7 Å². The molecule has 42 heavy (non-hydrogen) atoms. The van der Waals surface area contributed by atoms with Gasteiger partial charge in [0.2, 0.25) is 0 Å². The number of pyridine rings is 1. The summed E-state index contributed by atoms with van der Waals surface area (Å²) in [6.45, 7) is 1.46. The summed E-state index contributed by atoms with van der Waals surface area (Å²) in [5.41, 5.74) is 6.33. The van der Waals surface area contributed by atoms with Crippen LogP contribution in [0.4, 0.5) is 4.79 Å². The van der Waals surface area contributed by atoms with Gasteiger partial charge in [0.1, 0.15) is 19.0 Å². The molecule has 1 aliphatic carbocycles. The highest BCUT2D eigenvalue weighted by Gasteiger charge is 2.45. The van der Waals surface area contributed by atoms with Crippen LogP contribution in [-0.2, 0) is 16.1 Å². The minimum absolute atomic E-state index is 0.000411. The van der Waals surface area contributed by atoms with Crippen LogP contribution in [0.15, 0.2) is 97.3 Å². The second kappa shape index (κ2) is 11.4. The number of amides is 1. The van der Waals surface area contributed by atoms with Gasteiger partial charge in [-0.05, 0) is 46.7 Å². The van der Waals surface area contributed by atoms with E-state index in [0.717, 1.165) is 5.56 Å². The Hall–Kier alpha value is -4.49. The number of nitrogens with zero attached hydrogens (tertiary/aromatic N) is 2. The molecule has 1 aromatic heterocycles. The lowest BCUT2D eigenvalue weighted by Gasteiger charge is -2.47. The normalized spacial score (nSPS) is 20.9. The summed E-state index contributed by atoms with van der Waals surface area (Å²) in [5.74, 6) is 0.356. The Morgan fingerprint density at radius 2 is 1.48 bits per heavy atom. The summed E-state index contributed by atoms with van der Waals surface area (Å²) in [5, 5.41) is 0. The minimum Gasteiger partial charge on any atom is -0.487 e. The summed E-state index contributed by atoms with van der Waals surface area (Å²) in [6, 6.07) is 27.8. The predicted molar refractivity (Wildman–Crippen MR) is 157 cm³/mol. The van der Waals surface area contributed by atoms with E-state index in [0.29, 0.717) is 44.0 Å². The van der Waals surface area contributed by atoms with Crippen LogP contribution >= 0.6 is 0 Å². The highest BCUT2D eigenvalue weighted by molar-refractivity contribution is 5.98. The lowest BCUT2D eigenvalue weighted by atomic mass is 9.81. The first-order valence-corrected chi connectivity index (χ1v) is 14.5. The first kappa shape index (κ1) is 26.4. The van der Waals surface area contributed by atoms with Gasteiger partial charge in [0, 0.05) is 23.6 Å². The average molecular weight is 561 g/mol. The number of ketones is 1. The standard InChI is InChI=1S/C35H32N2O5/c38-34(25-16-28(18-36-17-25)41-19-23-8-2-1-3-9-23)24-14-26-20-40-21-27(15-24)37(26)35(39)42-22-33-31-12-6-4-10-29(31)30-11-5-7-13-32(30)33/h1-13,16-18,24,26-27,33H,14-15,19-22H2. The van der Waals surface area contributed by atoms with Crippen LogP contribution in [0.5, 0.6) is 5.75 Å². The summed E-state index contributed by atoms with van der Waals surface area (Å²) in [6.07, 6.45) is 3.94. The molecule has 2 bridgehead atoms. The van der Waals surface area contributed by atoms with Crippen LogP contribution in [0.25, 0.3) is 11.1 Å². The van der Waals surface area contributed by atoms with Crippen molar-refractivity contribution >= 4 is 11.9 Å². The van der Waals surface area contributed by atoms with E-state index in [1.165, 1.54) is 22.3 Å². The molecule has 2 fully saturated rings. The molecule has 0 radical (unpaired) electrons. The number of benzene rings is 3. The third-order valence-electron chi connectivity index (χ3n) is 8.68. The third kappa shape index (κ3) is 5.05. The summed E-state index contributed by atoms with van der Waals surface area (Å²) < 4.78 is 17.7. The van der Waals surface area contributed by atoms with Crippen molar-refractivity contribution in [1.29, 1.82) is 0 Å². The minimum atomic E-state index is -0.334. The molecule has 0 N–H and O–H groups in total. The van der Waals surface area contributed by atoms with E-state index in [9.17, 15) is 9.59 Å². The highest BCUT2D eigenvalue weighted by atomic mass is 16.6. The number of piperidine rings is 1. The summed E-state index contributed by atoms with van der Waals surface area (Å²) in [7, 11) is 0. The topological polar surface area (TPSA) is 78.0 Å². The number of Topliss-reactive ketones (excluding diaryl/α,β-unsaturated/α-hetero) is 1. The Morgan fingerprint density at radius 1 is 0.833 bits per heavy atom. The molecule has 2 aliphatic heterocycles. The van der Waals surface area contributed by atoms with Crippen molar-refractivity contribution in [1.82, 2.24) is 9.88 Å². The van der Waals surface area contributed by atoms with Crippen molar-refractivity contribution in [3.8, 4) is 16.9 Å². The molecule has 2 unspecified atom stereocenters. The van der Waals surface area contributed by atoms with Gasteiger partial charge in [-0.3, -0.25) is 14.7 Å². The maximum absolute atomic E-state index is 13.6. The van der Waals surface area contributed by atoms with Crippen molar-refractivity contribution in [3.05, 3.63) is 120 Å². The molecule has 7 nitrogen and oxygen atoms in total. The molecule has 1 amide bonds. The van der Waals surface area contributed by atoms with E-state index in [2.05, 4.69) is 29.2 Å². The predicted octanol–water partition coefficient (Wildman–Crippen LogP) is 6.27. The molecule has 0 saturated carbocycles. The third-order valence-corrected chi connectivity index (χ3v) is 8.68. The molecular formula is C35H32N2O5. The molecule has 2 atom stereocenters. The fraction of sp³-hybridized carbons (Fsp3) is 0.286. The highest BCUT2D eigenvalue weighted by Crippen LogP contribution is 2.45. The summed E-state index contributed by atoms with van der Waals surface area (Å²) in [4.78, 5) is 33.2. The number of carbonyl (C=O) groups excluding carboxylic acids is 2. The van der Waals surface area contributed by atoms with Crippen LogP contribution in [0.2, 0.25) is 0 Å². The number of rotatable bonds is 7. The molecule has 2 saturated heterocycles. The van der Waals surface area contributed by atoms with E-state index in [-0.39, 0.29) is 42.4 Å². The number of hydrogen-bond donors (Lipinski definition) is 0. The fourth-order valence-corrected chi connectivity index (χ4v) is 6.71. The van der Waals surface area contributed by atoms with Crippen molar-refractivity contribution < 1.29 is 23.8 Å². The number of fused-ring (bicyclic) bond motifs is 5. The van der Waals surface area contributed by atoms with Gasteiger partial charge >= 0.3 is 6.09 Å². The molecule has 3 aromatic carbocycles. The van der Waals surface area contributed by atoms with Gasteiger partial charge in [-0.15, -0.1) is 0 Å². The second-order valence-electron chi connectivity index (χ2n) is 11.3. The summed E-state index contributed by atoms with van der Waals surface area (Å²) >= 11 is 0. The van der Waals surface area contributed by atoms with Crippen LogP contribution in [0, 0.1) is 5.92 Å². The second-order valence-corrected chi connectivity index (χ2v) is 11.3. The van der Waals surface area contributed by atoms with E-state index in [1.807, 2.05) is 59.5 Å². The maximum Gasteiger partial charge on any atom is 0.410 e. The van der Waals surface area contributed by atoms with E-state index < -0.39 is 0 Å². The molecule has 3 aliphatic rings. The zero-order valence-corrected chi connectivity index (χ0v) is 23.2. The SMILES string of the molecule is O=C(c1cncc(OCc2ccccc2)c1)C1CC2COCC(C1)N2C(=O)OCC1c2ccccc2-c2ccccc21. The van der Waals surface area contributed by atoms with Crippen LogP contribution in [0.3, 0.4) is 0 Å². The maximum atomic E-state index is 13.6. The first-order chi connectivity index (χ1) is 20.7. The number of aromatic nitrogens is 1. The van der Waals surface area contributed by atoms with Crippen LogP contribution < -0.4 is 4.74 Å². The van der Waals surface area contributed by atoms with Crippen molar-refractivity contribution in [2.45, 2.75) is 37.5 Å². The number of hydrogen-bond acceptors (Lipinski definition) is 6. The number of ether oxygens (including phenoxy) is 3. The molecule has 3 heterocycles. The molecule has 212 valence electrons.